The van der Waals surface area contributed by atoms with Crippen LogP contribution < -0.4 is 0 Å². The summed E-state index contributed by atoms with van der Waals surface area (Å²) in [5.74, 6) is 0. The van der Waals surface area contributed by atoms with E-state index in [1.807, 2.05) is 0 Å². The average Bonchev–Trinajstić information content (AvgIpc) is 2.62. The normalized spacial score (nSPS) is 21.9. The molecule has 0 saturated carbocycles. The van der Waals surface area contributed by atoms with Crippen molar-refractivity contribution < 1.29 is 9.22 Å². The smallest absolute Gasteiger partial charge is 0.192 e. The molecule has 0 radical (unpaired) electrons. The van der Waals surface area contributed by atoms with Crippen molar-refractivity contribution in [1.82, 2.24) is 4.90 Å². The van der Waals surface area contributed by atoms with E-state index in [0.29, 0.717) is 5.25 Å². The SMILES string of the molecule is CC(=O)S[C@H]1CCN(CCO[Si](C)(C)C(C)(C)C)C1. The molecule has 0 spiro atoms. The van der Waals surface area contributed by atoms with Crippen molar-refractivity contribution >= 4 is 25.2 Å². The van der Waals surface area contributed by atoms with Crippen molar-refractivity contribution in [2.45, 2.75) is 57.5 Å². The first kappa shape index (κ1) is 17.2. The van der Waals surface area contributed by atoms with Gasteiger partial charge in [0.25, 0.3) is 0 Å². The Morgan fingerprint density at radius 1 is 1.42 bits per heavy atom. The molecule has 1 heterocycles. The molecule has 5 heteroatoms. The highest BCUT2D eigenvalue weighted by atomic mass is 32.2. The molecule has 1 rings (SSSR count). The van der Waals surface area contributed by atoms with Crippen LogP contribution in [0.2, 0.25) is 18.1 Å². The van der Waals surface area contributed by atoms with E-state index in [-0.39, 0.29) is 10.2 Å². The Morgan fingerprint density at radius 3 is 2.58 bits per heavy atom. The zero-order valence-electron chi connectivity index (χ0n) is 13.3. The topological polar surface area (TPSA) is 29.5 Å². The van der Waals surface area contributed by atoms with Crippen LogP contribution in [0.1, 0.15) is 34.1 Å². The molecule has 0 aromatic rings. The van der Waals surface area contributed by atoms with Crippen LogP contribution in [0.4, 0.5) is 0 Å². The molecule has 1 aliphatic rings. The highest BCUT2D eigenvalue weighted by Gasteiger charge is 2.37. The van der Waals surface area contributed by atoms with Gasteiger partial charge in [0.1, 0.15) is 0 Å². The van der Waals surface area contributed by atoms with Crippen LogP contribution in [0.3, 0.4) is 0 Å². The van der Waals surface area contributed by atoms with Crippen molar-refractivity contribution in [3.63, 3.8) is 0 Å². The van der Waals surface area contributed by atoms with E-state index >= 15 is 0 Å². The Morgan fingerprint density at radius 2 is 2.05 bits per heavy atom. The second-order valence-corrected chi connectivity index (χ2v) is 13.2. The van der Waals surface area contributed by atoms with Crippen LogP contribution in [0.25, 0.3) is 0 Å². The number of carbonyl (C=O) groups excluding carboxylic acids is 1. The monoisotopic (exact) mass is 303 g/mol. The van der Waals surface area contributed by atoms with Crippen LogP contribution >= 0.6 is 11.8 Å². The van der Waals surface area contributed by atoms with Gasteiger partial charge >= 0.3 is 0 Å². The quantitative estimate of drug-likeness (QED) is 0.728. The average molecular weight is 304 g/mol. The molecule has 19 heavy (non-hydrogen) atoms. The number of likely N-dealkylation sites (tertiary alicyclic amines) is 1. The summed E-state index contributed by atoms with van der Waals surface area (Å²) in [7, 11) is -1.61. The number of hydrogen-bond donors (Lipinski definition) is 0. The van der Waals surface area contributed by atoms with Crippen molar-refractivity contribution in [3.05, 3.63) is 0 Å². The second kappa shape index (κ2) is 6.74. The molecular weight excluding hydrogens is 274 g/mol. The van der Waals surface area contributed by atoms with Gasteiger partial charge in [0.2, 0.25) is 0 Å². The molecule has 1 atom stereocenters. The zero-order valence-corrected chi connectivity index (χ0v) is 15.1. The molecule has 0 N–H and O–H groups in total. The number of rotatable bonds is 5. The summed E-state index contributed by atoms with van der Waals surface area (Å²) in [5.41, 5.74) is 0. The number of carbonyl (C=O) groups is 1. The summed E-state index contributed by atoms with van der Waals surface area (Å²) in [5, 5.41) is 1.01. The minimum atomic E-state index is -1.61. The number of nitrogens with zero attached hydrogens (tertiary/aromatic N) is 1. The van der Waals surface area contributed by atoms with Gasteiger partial charge in [-0.3, -0.25) is 9.69 Å². The third kappa shape index (κ3) is 5.58. The summed E-state index contributed by atoms with van der Waals surface area (Å²) < 4.78 is 6.20. The van der Waals surface area contributed by atoms with Crippen LogP contribution in [-0.4, -0.2) is 49.8 Å². The Labute approximate surface area is 123 Å². The fourth-order valence-electron chi connectivity index (χ4n) is 1.98. The minimum Gasteiger partial charge on any atom is -0.416 e. The van der Waals surface area contributed by atoms with Gasteiger partial charge in [-0.1, -0.05) is 32.5 Å². The standard InChI is InChI=1S/C14H29NO2SSi/c1-12(16)18-13-7-8-15(11-13)9-10-17-19(5,6)14(2,3)4/h13H,7-11H2,1-6H3/t13-/m0/s1. The summed E-state index contributed by atoms with van der Waals surface area (Å²) in [6.07, 6.45) is 1.13. The molecule has 0 amide bonds. The van der Waals surface area contributed by atoms with Gasteiger partial charge in [-0.2, -0.15) is 0 Å². The Balaban J connectivity index is 2.26. The van der Waals surface area contributed by atoms with Crippen molar-refractivity contribution in [1.29, 1.82) is 0 Å². The van der Waals surface area contributed by atoms with E-state index in [9.17, 15) is 4.79 Å². The third-order valence-corrected chi connectivity index (χ3v) is 9.83. The molecule has 1 fully saturated rings. The molecule has 1 saturated heterocycles. The van der Waals surface area contributed by atoms with Crippen LogP contribution in [0.5, 0.6) is 0 Å². The van der Waals surface area contributed by atoms with Crippen LogP contribution in [0.15, 0.2) is 0 Å². The number of hydrogen-bond acceptors (Lipinski definition) is 4. The lowest BCUT2D eigenvalue weighted by molar-refractivity contribution is -0.109. The predicted molar refractivity (Wildman–Crippen MR) is 86.3 cm³/mol. The molecule has 0 bridgehead atoms. The van der Waals surface area contributed by atoms with Gasteiger partial charge in [0.05, 0.1) is 0 Å². The lowest BCUT2D eigenvalue weighted by atomic mass is 10.2. The molecule has 0 unspecified atom stereocenters. The molecule has 112 valence electrons. The summed E-state index contributed by atoms with van der Waals surface area (Å²) in [4.78, 5) is 13.5. The lowest BCUT2D eigenvalue weighted by Crippen LogP contribution is -2.42. The molecule has 0 aliphatic carbocycles. The first-order valence-electron chi connectivity index (χ1n) is 7.15. The maximum absolute atomic E-state index is 11.1. The predicted octanol–water partition coefficient (Wildman–Crippen LogP) is 3.36. The molecule has 3 nitrogen and oxygen atoms in total. The van der Waals surface area contributed by atoms with E-state index < -0.39 is 8.32 Å². The first-order chi connectivity index (χ1) is 8.62. The lowest BCUT2D eigenvalue weighted by Gasteiger charge is -2.36. The molecular formula is C14H29NO2SSi. The minimum absolute atomic E-state index is 0.240. The van der Waals surface area contributed by atoms with E-state index in [1.54, 1.807) is 6.92 Å². The van der Waals surface area contributed by atoms with Gasteiger partial charge in [-0.25, -0.2) is 0 Å². The molecule has 0 aromatic heterocycles. The van der Waals surface area contributed by atoms with E-state index in [0.717, 1.165) is 32.7 Å². The van der Waals surface area contributed by atoms with Crippen LogP contribution in [0, 0.1) is 0 Å². The largest absolute Gasteiger partial charge is 0.416 e. The molecule has 0 aromatic carbocycles. The van der Waals surface area contributed by atoms with Gasteiger partial charge in [0, 0.05) is 31.9 Å². The highest BCUT2D eigenvalue weighted by Crippen LogP contribution is 2.36. The Kier molecular flexibility index (Phi) is 6.11. The van der Waals surface area contributed by atoms with E-state index in [4.69, 9.17) is 4.43 Å². The van der Waals surface area contributed by atoms with Gasteiger partial charge in [-0.15, -0.1) is 0 Å². The fourth-order valence-corrected chi connectivity index (χ4v) is 3.99. The third-order valence-electron chi connectivity index (χ3n) is 4.24. The van der Waals surface area contributed by atoms with E-state index in [2.05, 4.69) is 38.8 Å². The maximum Gasteiger partial charge on any atom is 0.192 e. The van der Waals surface area contributed by atoms with Crippen molar-refractivity contribution in [3.8, 4) is 0 Å². The highest BCUT2D eigenvalue weighted by molar-refractivity contribution is 8.14. The Hall–Kier alpha value is 0.157. The van der Waals surface area contributed by atoms with Gasteiger partial charge in [-0.05, 0) is 31.1 Å². The van der Waals surface area contributed by atoms with Crippen LogP contribution in [-0.2, 0) is 9.22 Å². The summed E-state index contributed by atoms with van der Waals surface area (Å²) >= 11 is 1.50. The van der Waals surface area contributed by atoms with Gasteiger partial charge < -0.3 is 4.43 Å². The first-order valence-corrected chi connectivity index (χ1v) is 10.9. The number of thioether (sulfide) groups is 1. The zero-order chi connectivity index (χ0) is 14.7. The summed E-state index contributed by atoms with van der Waals surface area (Å²) in [6.45, 7) is 17.0. The van der Waals surface area contributed by atoms with E-state index in [1.165, 1.54) is 11.8 Å². The van der Waals surface area contributed by atoms with Crippen molar-refractivity contribution in [2.75, 3.05) is 26.2 Å². The maximum atomic E-state index is 11.1. The fraction of sp³-hybridized carbons (Fsp3) is 0.929. The molecule has 1 aliphatic heterocycles. The summed E-state index contributed by atoms with van der Waals surface area (Å²) in [6, 6.07) is 0. The van der Waals surface area contributed by atoms with Crippen molar-refractivity contribution in [2.24, 2.45) is 0 Å². The Bertz CT molecular complexity index is 315. The van der Waals surface area contributed by atoms with Gasteiger partial charge in [0.15, 0.2) is 13.4 Å². The second-order valence-electron chi connectivity index (χ2n) is 6.93.